The third kappa shape index (κ3) is 2.64. The van der Waals surface area contributed by atoms with E-state index in [-0.39, 0.29) is 12.2 Å². The van der Waals surface area contributed by atoms with Crippen molar-refractivity contribution in [3.63, 3.8) is 0 Å². The van der Waals surface area contributed by atoms with Crippen LogP contribution in [0.15, 0.2) is 27.1 Å². The minimum atomic E-state index is -0.165. The average molecular weight is 303 g/mol. The molecule has 0 unspecified atom stereocenters. The summed E-state index contributed by atoms with van der Waals surface area (Å²) in [4.78, 5) is 11.3. The maximum Gasteiger partial charge on any atom is 0.178 e. The highest BCUT2D eigenvalue weighted by atomic mass is 79.9. The fourth-order valence-electron chi connectivity index (χ4n) is 0.883. The zero-order valence-corrected chi connectivity index (χ0v) is 9.72. The number of ketones is 1. The van der Waals surface area contributed by atoms with Gasteiger partial charge in [0.05, 0.1) is 12.5 Å². The fraction of sp³-hybridized carbons (Fsp3) is 0.111. The van der Waals surface area contributed by atoms with Crippen molar-refractivity contribution in [1.29, 1.82) is 5.26 Å². The van der Waals surface area contributed by atoms with Crippen LogP contribution in [0, 0.1) is 11.3 Å². The van der Waals surface area contributed by atoms with Crippen molar-refractivity contribution in [3.8, 4) is 6.07 Å². The van der Waals surface area contributed by atoms with E-state index in [0.29, 0.717) is 10.0 Å². The zero-order valence-electron chi connectivity index (χ0n) is 6.55. The Labute approximate surface area is 92.8 Å². The lowest BCUT2D eigenvalue weighted by atomic mass is 10.1. The van der Waals surface area contributed by atoms with Gasteiger partial charge in [-0.3, -0.25) is 4.79 Å². The summed E-state index contributed by atoms with van der Waals surface area (Å²) in [5, 5.41) is 8.35. The predicted octanol–water partition coefficient (Wildman–Crippen LogP) is 3.31. The van der Waals surface area contributed by atoms with Crippen molar-refractivity contribution in [2.45, 2.75) is 6.42 Å². The Kier molecular flexibility index (Phi) is 3.64. The number of benzene rings is 1. The van der Waals surface area contributed by atoms with Crippen molar-refractivity contribution >= 4 is 37.6 Å². The molecule has 0 heterocycles. The molecule has 1 rings (SSSR count). The van der Waals surface area contributed by atoms with Crippen molar-refractivity contribution in [2.75, 3.05) is 0 Å². The van der Waals surface area contributed by atoms with Gasteiger partial charge in [0, 0.05) is 14.5 Å². The van der Waals surface area contributed by atoms with Crippen molar-refractivity contribution in [2.24, 2.45) is 0 Å². The molecule has 0 amide bonds. The van der Waals surface area contributed by atoms with E-state index in [1.54, 1.807) is 18.2 Å². The molecule has 1 aromatic rings. The van der Waals surface area contributed by atoms with Gasteiger partial charge >= 0.3 is 0 Å². The third-order valence-corrected chi connectivity index (χ3v) is 2.62. The zero-order chi connectivity index (χ0) is 9.84. The summed E-state index contributed by atoms with van der Waals surface area (Å²) in [6.07, 6.45) is -0.0831. The van der Waals surface area contributed by atoms with Crippen molar-refractivity contribution in [1.82, 2.24) is 0 Å². The second-order valence-electron chi connectivity index (χ2n) is 2.38. The minimum Gasteiger partial charge on any atom is -0.293 e. The summed E-state index contributed by atoms with van der Waals surface area (Å²) in [6, 6.07) is 7.07. The van der Waals surface area contributed by atoms with E-state index in [9.17, 15) is 4.79 Å². The normalized spacial score (nSPS) is 9.31. The van der Waals surface area contributed by atoms with Crippen LogP contribution in [0.25, 0.3) is 0 Å². The lowest BCUT2D eigenvalue weighted by Gasteiger charge is -2.00. The van der Waals surface area contributed by atoms with E-state index in [1.165, 1.54) is 0 Å². The molecule has 4 heteroatoms. The molecule has 66 valence electrons. The average Bonchev–Trinajstić information content (AvgIpc) is 2.04. The molecule has 0 aromatic heterocycles. The van der Waals surface area contributed by atoms with Crippen LogP contribution >= 0.6 is 31.9 Å². The monoisotopic (exact) mass is 301 g/mol. The van der Waals surface area contributed by atoms with Gasteiger partial charge in [0.15, 0.2) is 5.78 Å². The Balaban J connectivity index is 3.03. The van der Waals surface area contributed by atoms with Crippen LogP contribution in [0.2, 0.25) is 0 Å². The molecule has 0 atom stereocenters. The molecule has 0 aliphatic rings. The molecule has 0 aliphatic carbocycles. The van der Waals surface area contributed by atoms with Crippen LogP contribution in [-0.4, -0.2) is 5.78 Å². The molecule has 0 bridgehead atoms. The maximum atomic E-state index is 11.3. The Bertz CT molecular complexity index is 382. The van der Waals surface area contributed by atoms with E-state index in [2.05, 4.69) is 31.9 Å². The number of rotatable bonds is 2. The third-order valence-electron chi connectivity index (χ3n) is 1.47. The highest BCUT2D eigenvalue weighted by Gasteiger charge is 2.08. The van der Waals surface area contributed by atoms with Gasteiger partial charge in [-0.05, 0) is 18.2 Å². The van der Waals surface area contributed by atoms with Gasteiger partial charge in [-0.2, -0.15) is 5.26 Å². The number of nitrogens with zero attached hydrogens (tertiary/aromatic N) is 1. The largest absolute Gasteiger partial charge is 0.293 e. The summed E-state index contributed by atoms with van der Waals surface area (Å²) < 4.78 is 1.61. The molecule has 0 spiro atoms. The first-order valence-electron chi connectivity index (χ1n) is 3.50. The van der Waals surface area contributed by atoms with Crippen molar-refractivity contribution in [3.05, 3.63) is 32.7 Å². The van der Waals surface area contributed by atoms with Crippen LogP contribution in [0.5, 0.6) is 0 Å². The van der Waals surface area contributed by atoms with Crippen LogP contribution in [0.3, 0.4) is 0 Å². The number of halogens is 2. The summed E-state index contributed by atoms with van der Waals surface area (Å²) in [7, 11) is 0. The first-order chi connectivity index (χ1) is 6.15. The van der Waals surface area contributed by atoms with Gasteiger partial charge in [-0.15, -0.1) is 0 Å². The van der Waals surface area contributed by atoms with Crippen LogP contribution < -0.4 is 0 Å². The molecular formula is C9H5Br2NO. The van der Waals surface area contributed by atoms with E-state index >= 15 is 0 Å². The van der Waals surface area contributed by atoms with Gasteiger partial charge in [-0.25, -0.2) is 0 Å². The molecule has 0 N–H and O–H groups in total. The summed E-state index contributed by atoms with van der Waals surface area (Å²) in [6.45, 7) is 0. The Morgan fingerprint density at radius 1 is 1.46 bits per heavy atom. The number of Topliss-reactive ketones (excluding diaryl/α,β-unsaturated/α-hetero) is 1. The van der Waals surface area contributed by atoms with Gasteiger partial charge < -0.3 is 0 Å². The minimum absolute atomic E-state index is 0.0831. The first kappa shape index (κ1) is 10.4. The highest BCUT2D eigenvalue weighted by Crippen LogP contribution is 2.22. The maximum absolute atomic E-state index is 11.3. The molecular weight excluding hydrogens is 298 g/mol. The topological polar surface area (TPSA) is 40.9 Å². The second kappa shape index (κ2) is 4.54. The Morgan fingerprint density at radius 2 is 2.15 bits per heavy atom. The number of hydrogen-bond donors (Lipinski definition) is 0. The highest BCUT2D eigenvalue weighted by molar-refractivity contribution is 9.11. The first-order valence-corrected chi connectivity index (χ1v) is 5.09. The molecule has 0 aliphatic heterocycles. The Hall–Kier alpha value is -0.660. The summed E-state index contributed by atoms with van der Waals surface area (Å²) in [5.74, 6) is -0.165. The van der Waals surface area contributed by atoms with Gasteiger partial charge in [-0.1, -0.05) is 31.9 Å². The number of carbonyl (C=O) groups excluding carboxylic acids is 1. The van der Waals surface area contributed by atoms with Crippen LogP contribution in [0.1, 0.15) is 16.8 Å². The molecule has 13 heavy (non-hydrogen) atoms. The summed E-state index contributed by atoms with van der Waals surface area (Å²) >= 11 is 6.54. The molecule has 1 aromatic carbocycles. The molecule has 0 saturated carbocycles. The quantitative estimate of drug-likeness (QED) is 0.786. The van der Waals surface area contributed by atoms with E-state index in [1.807, 2.05) is 6.07 Å². The van der Waals surface area contributed by atoms with Crippen molar-refractivity contribution < 1.29 is 4.79 Å². The van der Waals surface area contributed by atoms with Crippen LogP contribution in [0.4, 0.5) is 0 Å². The number of nitriles is 1. The summed E-state index contributed by atoms with van der Waals surface area (Å²) in [5.41, 5.74) is 0.546. The predicted molar refractivity (Wildman–Crippen MR) is 56.4 cm³/mol. The van der Waals surface area contributed by atoms with Gasteiger partial charge in [0.25, 0.3) is 0 Å². The molecule has 2 nitrogen and oxygen atoms in total. The van der Waals surface area contributed by atoms with Gasteiger partial charge in [0.1, 0.15) is 0 Å². The molecule has 0 radical (unpaired) electrons. The van der Waals surface area contributed by atoms with E-state index in [4.69, 9.17) is 5.26 Å². The standard InChI is InChI=1S/C9H5Br2NO/c10-6-1-2-7(8(11)5-6)9(13)3-4-12/h1-2,5H,3H2. The number of carbonyl (C=O) groups is 1. The second-order valence-corrected chi connectivity index (χ2v) is 4.15. The van der Waals surface area contributed by atoms with E-state index in [0.717, 1.165) is 4.47 Å². The number of hydrogen-bond acceptors (Lipinski definition) is 2. The van der Waals surface area contributed by atoms with E-state index < -0.39 is 0 Å². The molecule has 0 saturated heterocycles. The lowest BCUT2D eigenvalue weighted by molar-refractivity contribution is 0.0997. The Morgan fingerprint density at radius 3 is 2.69 bits per heavy atom. The smallest absolute Gasteiger partial charge is 0.178 e. The SMILES string of the molecule is N#CCC(=O)c1ccc(Br)cc1Br. The fourth-order valence-corrected chi connectivity index (χ4v) is 2.15. The lowest BCUT2D eigenvalue weighted by Crippen LogP contribution is -1.98. The van der Waals surface area contributed by atoms with Crippen LogP contribution in [-0.2, 0) is 0 Å². The molecule has 0 fully saturated rings. The van der Waals surface area contributed by atoms with Gasteiger partial charge in [0.2, 0.25) is 0 Å².